The molecular weight excluding hydrogens is 336 g/mol. The normalized spacial score (nSPS) is 9.92. The van der Waals surface area contributed by atoms with E-state index in [1.165, 1.54) is 0 Å². The van der Waals surface area contributed by atoms with Crippen molar-refractivity contribution in [2.45, 2.75) is 13.5 Å². The van der Waals surface area contributed by atoms with Crippen LogP contribution < -0.4 is 20.1 Å². The Bertz CT molecular complexity index is 731. The molecule has 0 aliphatic heterocycles. The maximum atomic E-state index is 12.0. The van der Waals surface area contributed by atoms with Crippen molar-refractivity contribution in [1.29, 1.82) is 0 Å². The second-order valence-electron chi connectivity index (χ2n) is 5.28. The van der Waals surface area contributed by atoms with Gasteiger partial charge >= 0.3 is 12.0 Å². The van der Waals surface area contributed by atoms with Gasteiger partial charge in [-0.3, -0.25) is 0 Å². The number of ether oxygens (including phenoxy) is 3. The van der Waals surface area contributed by atoms with Crippen LogP contribution in [0, 0.1) is 0 Å². The SMILES string of the molecule is CCOC(=O)COc1ccc(NC(=O)NCc2cccc(OC)c2)cc1. The molecule has 2 N–H and O–H groups in total. The summed E-state index contributed by atoms with van der Waals surface area (Å²) in [7, 11) is 1.60. The highest BCUT2D eigenvalue weighted by atomic mass is 16.6. The second kappa shape index (κ2) is 9.93. The maximum absolute atomic E-state index is 12.0. The standard InChI is InChI=1S/C19H22N2O5/c1-3-25-18(22)13-26-16-9-7-15(8-10-16)21-19(23)20-12-14-5-4-6-17(11-14)24-2/h4-11H,3,12-13H2,1-2H3,(H2,20,21,23). The van der Waals surface area contributed by atoms with Gasteiger partial charge in [0.05, 0.1) is 13.7 Å². The Balaban J connectivity index is 1.78. The van der Waals surface area contributed by atoms with Crippen LogP contribution in [0.25, 0.3) is 0 Å². The highest BCUT2D eigenvalue weighted by Gasteiger charge is 2.05. The number of hydrogen-bond donors (Lipinski definition) is 2. The molecule has 0 radical (unpaired) electrons. The summed E-state index contributed by atoms with van der Waals surface area (Å²) in [6.45, 7) is 2.28. The van der Waals surface area contributed by atoms with E-state index >= 15 is 0 Å². The van der Waals surface area contributed by atoms with Gasteiger partial charge in [0.1, 0.15) is 11.5 Å². The molecule has 0 saturated heterocycles. The largest absolute Gasteiger partial charge is 0.497 e. The molecule has 7 heteroatoms. The third-order valence-electron chi connectivity index (χ3n) is 3.36. The van der Waals surface area contributed by atoms with Crippen molar-refractivity contribution in [3.8, 4) is 11.5 Å². The van der Waals surface area contributed by atoms with Crippen molar-refractivity contribution in [1.82, 2.24) is 5.32 Å². The summed E-state index contributed by atoms with van der Waals surface area (Å²) < 4.78 is 15.2. The van der Waals surface area contributed by atoms with E-state index in [0.717, 1.165) is 11.3 Å². The number of anilines is 1. The Morgan fingerprint density at radius 1 is 1.04 bits per heavy atom. The first-order valence-corrected chi connectivity index (χ1v) is 8.17. The van der Waals surface area contributed by atoms with Crippen molar-refractivity contribution in [2.24, 2.45) is 0 Å². The van der Waals surface area contributed by atoms with E-state index in [-0.39, 0.29) is 12.6 Å². The molecule has 0 saturated carbocycles. The first kappa shape index (κ1) is 19.1. The zero-order chi connectivity index (χ0) is 18.8. The molecule has 0 fully saturated rings. The molecule has 0 aliphatic carbocycles. The van der Waals surface area contributed by atoms with Gasteiger partial charge in [-0.25, -0.2) is 9.59 Å². The average molecular weight is 358 g/mol. The molecule has 7 nitrogen and oxygen atoms in total. The van der Waals surface area contributed by atoms with E-state index in [0.29, 0.717) is 24.6 Å². The molecular formula is C19H22N2O5. The third-order valence-corrected chi connectivity index (χ3v) is 3.36. The first-order valence-electron chi connectivity index (χ1n) is 8.17. The van der Waals surface area contributed by atoms with Crippen molar-refractivity contribution < 1.29 is 23.8 Å². The van der Waals surface area contributed by atoms with E-state index in [1.54, 1.807) is 38.3 Å². The lowest BCUT2D eigenvalue weighted by molar-refractivity contribution is -0.145. The summed E-state index contributed by atoms with van der Waals surface area (Å²) in [5, 5.41) is 5.49. The number of amides is 2. The number of benzene rings is 2. The Morgan fingerprint density at radius 2 is 1.81 bits per heavy atom. The Kier molecular flexibility index (Phi) is 7.30. The van der Waals surface area contributed by atoms with E-state index in [1.807, 2.05) is 24.3 Å². The zero-order valence-electron chi connectivity index (χ0n) is 14.8. The highest BCUT2D eigenvalue weighted by molar-refractivity contribution is 5.89. The number of esters is 1. The molecule has 2 amide bonds. The molecule has 0 spiro atoms. The fraction of sp³-hybridized carbons (Fsp3) is 0.263. The van der Waals surface area contributed by atoms with Gasteiger partial charge in [0, 0.05) is 12.2 Å². The summed E-state index contributed by atoms with van der Waals surface area (Å²) in [4.78, 5) is 23.2. The van der Waals surface area contributed by atoms with Crippen molar-refractivity contribution in [3.05, 3.63) is 54.1 Å². The molecule has 26 heavy (non-hydrogen) atoms. The van der Waals surface area contributed by atoms with Gasteiger partial charge in [0.2, 0.25) is 0 Å². The van der Waals surface area contributed by atoms with Gasteiger partial charge in [0.25, 0.3) is 0 Å². The van der Waals surface area contributed by atoms with Gasteiger partial charge < -0.3 is 24.8 Å². The van der Waals surface area contributed by atoms with Crippen LogP contribution in [0.15, 0.2) is 48.5 Å². The van der Waals surface area contributed by atoms with Crippen LogP contribution in [0.2, 0.25) is 0 Å². The van der Waals surface area contributed by atoms with Crippen LogP contribution in [0.1, 0.15) is 12.5 Å². The molecule has 0 atom stereocenters. The monoisotopic (exact) mass is 358 g/mol. The predicted octanol–water partition coefficient (Wildman–Crippen LogP) is 2.96. The van der Waals surface area contributed by atoms with Crippen molar-refractivity contribution in [2.75, 3.05) is 25.6 Å². The topological polar surface area (TPSA) is 85.9 Å². The van der Waals surface area contributed by atoms with E-state index in [9.17, 15) is 9.59 Å². The number of carbonyl (C=O) groups is 2. The van der Waals surface area contributed by atoms with Crippen molar-refractivity contribution in [3.63, 3.8) is 0 Å². The molecule has 138 valence electrons. The molecule has 0 heterocycles. The minimum atomic E-state index is -0.424. The van der Waals surface area contributed by atoms with Crippen LogP contribution in [-0.2, 0) is 16.1 Å². The van der Waals surface area contributed by atoms with Crippen LogP contribution in [0.3, 0.4) is 0 Å². The first-order chi connectivity index (χ1) is 12.6. The third kappa shape index (κ3) is 6.35. The predicted molar refractivity (Wildman–Crippen MR) is 97.4 cm³/mol. The van der Waals surface area contributed by atoms with Gasteiger partial charge in [-0.05, 0) is 48.9 Å². The lowest BCUT2D eigenvalue weighted by Crippen LogP contribution is -2.28. The van der Waals surface area contributed by atoms with Crippen LogP contribution in [-0.4, -0.2) is 32.3 Å². The molecule has 0 bridgehead atoms. The molecule has 2 aromatic carbocycles. The van der Waals surface area contributed by atoms with Crippen LogP contribution >= 0.6 is 0 Å². The summed E-state index contributed by atoms with van der Waals surface area (Å²) in [6, 6.07) is 13.8. The quantitative estimate of drug-likeness (QED) is 0.709. The molecule has 0 unspecified atom stereocenters. The molecule has 0 aromatic heterocycles. The van der Waals surface area contributed by atoms with Crippen LogP contribution in [0.4, 0.5) is 10.5 Å². The van der Waals surface area contributed by atoms with Gasteiger partial charge in [-0.15, -0.1) is 0 Å². The fourth-order valence-electron chi connectivity index (χ4n) is 2.12. The molecule has 2 rings (SSSR count). The van der Waals surface area contributed by atoms with Crippen LogP contribution in [0.5, 0.6) is 11.5 Å². The van der Waals surface area contributed by atoms with Gasteiger partial charge in [-0.1, -0.05) is 12.1 Å². The van der Waals surface area contributed by atoms with E-state index in [2.05, 4.69) is 10.6 Å². The van der Waals surface area contributed by atoms with Gasteiger partial charge in [0.15, 0.2) is 6.61 Å². The van der Waals surface area contributed by atoms with E-state index in [4.69, 9.17) is 14.2 Å². The smallest absolute Gasteiger partial charge is 0.344 e. The summed E-state index contributed by atoms with van der Waals surface area (Å²) in [6.07, 6.45) is 0. The minimum Gasteiger partial charge on any atom is -0.497 e. The lowest BCUT2D eigenvalue weighted by atomic mass is 10.2. The van der Waals surface area contributed by atoms with E-state index < -0.39 is 5.97 Å². The summed E-state index contributed by atoms with van der Waals surface area (Å²) >= 11 is 0. The molecule has 2 aromatic rings. The minimum absolute atomic E-state index is 0.151. The lowest BCUT2D eigenvalue weighted by Gasteiger charge is -2.10. The average Bonchev–Trinajstić information content (AvgIpc) is 2.66. The second-order valence-corrected chi connectivity index (χ2v) is 5.28. The summed E-state index contributed by atoms with van der Waals surface area (Å²) in [5.41, 5.74) is 1.54. The number of methoxy groups -OCH3 is 1. The Morgan fingerprint density at radius 3 is 2.50 bits per heavy atom. The fourth-order valence-corrected chi connectivity index (χ4v) is 2.12. The summed E-state index contributed by atoms with van der Waals surface area (Å²) in [5.74, 6) is 0.829. The molecule has 0 aliphatic rings. The highest BCUT2D eigenvalue weighted by Crippen LogP contribution is 2.16. The maximum Gasteiger partial charge on any atom is 0.344 e. The van der Waals surface area contributed by atoms with Crippen molar-refractivity contribution >= 4 is 17.7 Å². The van der Waals surface area contributed by atoms with Gasteiger partial charge in [-0.2, -0.15) is 0 Å². The zero-order valence-corrected chi connectivity index (χ0v) is 14.8. The Labute approximate surface area is 152 Å². The number of urea groups is 1. The number of carbonyl (C=O) groups excluding carboxylic acids is 2. The number of rotatable bonds is 8. The number of hydrogen-bond acceptors (Lipinski definition) is 5. The number of nitrogens with one attached hydrogen (secondary N) is 2. The Hall–Kier alpha value is -3.22.